The SMILES string of the molecule is COc1cc(/C=C2\C(=O)NC(=O)N(c3cccc(F)c3)C2=O)cc(Cl)c1OCc1ccc(F)cc1. The summed E-state index contributed by atoms with van der Waals surface area (Å²) >= 11 is 6.37. The van der Waals surface area contributed by atoms with E-state index in [1.165, 1.54) is 49.6 Å². The first-order chi connectivity index (χ1) is 16.8. The van der Waals surface area contributed by atoms with Gasteiger partial charge >= 0.3 is 6.03 Å². The summed E-state index contributed by atoms with van der Waals surface area (Å²) in [5.74, 6) is -2.46. The Morgan fingerprint density at radius 1 is 1.00 bits per heavy atom. The lowest BCUT2D eigenvalue weighted by Gasteiger charge is -2.26. The van der Waals surface area contributed by atoms with Crippen LogP contribution in [0.5, 0.6) is 11.5 Å². The quantitative estimate of drug-likeness (QED) is 0.387. The third kappa shape index (κ3) is 5.15. The van der Waals surface area contributed by atoms with Crippen molar-refractivity contribution >= 4 is 41.2 Å². The summed E-state index contributed by atoms with van der Waals surface area (Å²) in [6, 6.07) is 12.5. The summed E-state index contributed by atoms with van der Waals surface area (Å²) in [5.41, 5.74) is 0.605. The number of carbonyl (C=O) groups is 3. The molecule has 1 heterocycles. The molecule has 0 bridgehead atoms. The number of rotatable bonds is 6. The highest BCUT2D eigenvalue weighted by Crippen LogP contribution is 2.38. The van der Waals surface area contributed by atoms with E-state index in [-0.39, 0.29) is 40.2 Å². The van der Waals surface area contributed by atoms with Crippen LogP contribution in [0.3, 0.4) is 0 Å². The maximum Gasteiger partial charge on any atom is 0.335 e. The van der Waals surface area contributed by atoms with Gasteiger partial charge in [0.2, 0.25) is 0 Å². The van der Waals surface area contributed by atoms with Crippen molar-refractivity contribution in [2.75, 3.05) is 12.0 Å². The average Bonchev–Trinajstić information content (AvgIpc) is 2.82. The molecule has 0 aliphatic carbocycles. The van der Waals surface area contributed by atoms with Crippen LogP contribution in [0.2, 0.25) is 5.02 Å². The Morgan fingerprint density at radius 3 is 2.43 bits per heavy atom. The normalized spacial score (nSPS) is 14.8. The second-order valence-corrected chi connectivity index (χ2v) is 7.79. The molecule has 7 nitrogen and oxygen atoms in total. The number of barbiturate groups is 1. The fourth-order valence-electron chi connectivity index (χ4n) is 3.37. The molecule has 3 aromatic rings. The largest absolute Gasteiger partial charge is 0.493 e. The van der Waals surface area contributed by atoms with E-state index in [1.807, 2.05) is 0 Å². The Balaban J connectivity index is 1.64. The van der Waals surface area contributed by atoms with Gasteiger partial charge in [-0.2, -0.15) is 0 Å². The van der Waals surface area contributed by atoms with Crippen LogP contribution in [0, 0.1) is 11.6 Å². The third-order valence-electron chi connectivity index (χ3n) is 5.03. The highest BCUT2D eigenvalue weighted by atomic mass is 35.5. The van der Waals surface area contributed by atoms with E-state index < -0.39 is 23.7 Å². The number of methoxy groups -OCH3 is 1. The maximum absolute atomic E-state index is 13.6. The number of carbonyl (C=O) groups excluding carboxylic acids is 3. The average molecular weight is 499 g/mol. The Labute approximate surface area is 203 Å². The highest BCUT2D eigenvalue weighted by molar-refractivity contribution is 6.39. The van der Waals surface area contributed by atoms with Crippen molar-refractivity contribution in [1.82, 2.24) is 5.32 Å². The third-order valence-corrected chi connectivity index (χ3v) is 5.31. The van der Waals surface area contributed by atoms with Crippen molar-refractivity contribution < 1.29 is 32.6 Å². The van der Waals surface area contributed by atoms with Crippen LogP contribution in [0.1, 0.15) is 11.1 Å². The Morgan fingerprint density at radius 2 is 1.74 bits per heavy atom. The summed E-state index contributed by atoms with van der Waals surface area (Å²) < 4.78 is 37.8. The molecule has 4 amide bonds. The first kappa shape index (κ1) is 23.9. The smallest absolute Gasteiger partial charge is 0.335 e. The lowest BCUT2D eigenvalue weighted by molar-refractivity contribution is -0.122. The molecule has 0 aromatic heterocycles. The Hall–Kier alpha value is -4.24. The number of nitrogens with one attached hydrogen (secondary N) is 1. The first-order valence-electron chi connectivity index (χ1n) is 10.2. The Kier molecular flexibility index (Phi) is 6.79. The molecule has 3 aromatic carbocycles. The van der Waals surface area contributed by atoms with E-state index in [9.17, 15) is 23.2 Å². The molecule has 35 heavy (non-hydrogen) atoms. The fourth-order valence-corrected chi connectivity index (χ4v) is 3.65. The van der Waals surface area contributed by atoms with Gasteiger partial charge in [0.05, 0.1) is 17.8 Å². The number of halogens is 3. The molecule has 4 rings (SSSR count). The van der Waals surface area contributed by atoms with Gasteiger partial charge in [-0.1, -0.05) is 29.8 Å². The topological polar surface area (TPSA) is 84.9 Å². The Bertz CT molecular complexity index is 1360. The minimum atomic E-state index is -0.997. The van der Waals surface area contributed by atoms with Gasteiger partial charge in [0.1, 0.15) is 23.8 Å². The zero-order valence-corrected chi connectivity index (χ0v) is 18.9. The number of nitrogens with zero attached hydrogens (tertiary/aromatic N) is 1. The summed E-state index contributed by atoms with van der Waals surface area (Å²) in [5, 5.41) is 2.19. The van der Waals surface area contributed by atoms with E-state index in [4.69, 9.17) is 21.1 Å². The summed E-state index contributed by atoms with van der Waals surface area (Å²) in [6.07, 6.45) is 1.23. The molecular weight excluding hydrogens is 482 g/mol. The molecule has 0 saturated carbocycles. The molecule has 0 unspecified atom stereocenters. The molecule has 0 spiro atoms. The number of urea groups is 1. The fraction of sp³-hybridized carbons (Fsp3) is 0.0800. The number of benzene rings is 3. The van der Waals surface area contributed by atoms with Gasteiger partial charge in [0.15, 0.2) is 11.5 Å². The second kappa shape index (κ2) is 9.94. The molecule has 1 N–H and O–H groups in total. The predicted molar refractivity (Wildman–Crippen MR) is 124 cm³/mol. The molecule has 1 aliphatic rings. The van der Waals surface area contributed by atoms with E-state index in [0.717, 1.165) is 12.1 Å². The minimum absolute atomic E-state index is 0.0361. The molecular formula is C25H17ClF2N2O5. The van der Waals surface area contributed by atoms with Crippen molar-refractivity contribution in [3.63, 3.8) is 0 Å². The number of ether oxygens (including phenoxy) is 2. The molecule has 178 valence electrons. The molecule has 0 radical (unpaired) electrons. The summed E-state index contributed by atoms with van der Waals surface area (Å²) in [7, 11) is 1.39. The van der Waals surface area contributed by atoms with Crippen LogP contribution in [-0.4, -0.2) is 25.0 Å². The van der Waals surface area contributed by atoms with Gasteiger partial charge in [-0.15, -0.1) is 0 Å². The van der Waals surface area contributed by atoms with Gasteiger partial charge < -0.3 is 9.47 Å². The van der Waals surface area contributed by atoms with Crippen molar-refractivity contribution in [3.05, 3.63) is 94.0 Å². The van der Waals surface area contributed by atoms with Crippen molar-refractivity contribution in [2.24, 2.45) is 0 Å². The van der Waals surface area contributed by atoms with Crippen LogP contribution in [0.4, 0.5) is 19.3 Å². The van der Waals surface area contributed by atoms with Gasteiger partial charge in [-0.05, 0) is 59.7 Å². The van der Waals surface area contributed by atoms with Crippen LogP contribution >= 0.6 is 11.6 Å². The number of amides is 4. The molecule has 1 aliphatic heterocycles. The van der Waals surface area contributed by atoms with Crippen LogP contribution in [0.15, 0.2) is 66.2 Å². The highest BCUT2D eigenvalue weighted by Gasteiger charge is 2.37. The van der Waals surface area contributed by atoms with Gasteiger partial charge in [0.25, 0.3) is 11.8 Å². The van der Waals surface area contributed by atoms with Crippen LogP contribution in [0.25, 0.3) is 6.08 Å². The number of imide groups is 2. The van der Waals surface area contributed by atoms with Crippen molar-refractivity contribution in [2.45, 2.75) is 6.61 Å². The van der Waals surface area contributed by atoms with Gasteiger partial charge in [-0.25, -0.2) is 18.5 Å². The minimum Gasteiger partial charge on any atom is -0.493 e. The predicted octanol–water partition coefficient (Wildman–Crippen LogP) is 4.87. The second-order valence-electron chi connectivity index (χ2n) is 7.39. The molecule has 1 saturated heterocycles. The zero-order valence-electron chi connectivity index (χ0n) is 18.2. The standard InChI is InChI=1S/C25H17ClF2N2O5/c1-34-21-11-15(10-20(26)22(21)35-13-14-5-7-16(27)8-6-14)9-19-23(31)29-25(33)30(24(19)32)18-4-2-3-17(28)12-18/h2-12H,13H2,1H3,(H,29,31,33)/b19-9+. The first-order valence-corrected chi connectivity index (χ1v) is 10.6. The van der Waals surface area contributed by atoms with E-state index >= 15 is 0 Å². The number of hydrogen-bond acceptors (Lipinski definition) is 5. The molecule has 0 atom stereocenters. The lowest BCUT2D eigenvalue weighted by Crippen LogP contribution is -2.54. The monoisotopic (exact) mass is 498 g/mol. The van der Waals surface area contributed by atoms with Crippen LogP contribution in [-0.2, 0) is 16.2 Å². The van der Waals surface area contributed by atoms with Crippen molar-refractivity contribution in [3.8, 4) is 11.5 Å². The van der Waals surface area contributed by atoms with E-state index in [2.05, 4.69) is 5.32 Å². The molecule has 10 heteroatoms. The summed E-state index contributed by atoms with van der Waals surface area (Å²) in [4.78, 5) is 38.3. The number of anilines is 1. The number of hydrogen-bond donors (Lipinski definition) is 1. The van der Waals surface area contributed by atoms with Crippen molar-refractivity contribution in [1.29, 1.82) is 0 Å². The molecule has 1 fully saturated rings. The van der Waals surface area contributed by atoms with Gasteiger partial charge in [-0.3, -0.25) is 14.9 Å². The van der Waals surface area contributed by atoms with Gasteiger partial charge in [0, 0.05) is 0 Å². The maximum atomic E-state index is 13.6. The lowest BCUT2D eigenvalue weighted by atomic mass is 10.1. The van der Waals surface area contributed by atoms with E-state index in [0.29, 0.717) is 16.0 Å². The summed E-state index contributed by atoms with van der Waals surface area (Å²) in [6.45, 7) is 0.0857. The van der Waals surface area contributed by atoms with E-state index in [1.54, 1.807) is 12.1 Å². The van der Waals surface area contributed by atoms with Crippen LogP contribution < -0.4 is 19.7 Å². The zero-order chi connectivity index (χ0) is 25.1.